The van der Waals surface area contributed by atoms with Crippen LogP contribution >= 0.6 is 0 Å². The molecule has 0 aromatic carbocycles. The third-order valence-electron chi connectivity index (χ3n) is 5.73. The van der Waals surface area contributed by atoms with Crippen molar-refractivity contribution < 1.29 is 18.0 Å². The van der Waals surface area contributed by atoms with Gasteiger partial charge in [-0.15, -0.1) is 0 Å². The van der Waals surface area contributed by atoms with E-state index in [9.17, 15) is 18.0 Å². The Labute approximate surface area is 171 Å². The van der Waals surface area contributed by atoms with E-state index in [0.717, 1.165) is 50.6 Å². The van der Waals surface area contributed by atoms with Crippen LogP contribution in [0.5, 0.6) is 0 Å². The maximum absolute atomic E-state index is 13.0. The Morgan fingerprint density at radius 2 is 1.83 bits per heavy atom. The molecular formula is C19H29N5O4S. The van der Waals surface area contributed by atoms with Crippen molar-refractivity contribution in [3.05, 3.63) is 23.8 Å². The Balaban J connectivity index is 1.60. The SMILES string of the molecule is Cc1cnc(C(=O)N2CCCC[C@H]2C2CCN(C(=O)CNS(C)(=O)=O)CC2)cn1. The highest BCUT2D eigenvalue weighted by atomic mass is 32.2. The number of amides is 2. The second-order valence-corrected chi connectivity index (χ2v) is 9.75. The fourth-order valence-corrected chi connectivity index (χ4v) is 4.57. The largest absolute Gasteiger partial charge is 0.342 e. The lowest BCUT2D eigenvalue weighted by Gasteiger charge is -2.43. The molecule has 0 bridgehead atoms. The van der Waals surface area contributed by atoms with Gasteiger partial charge in [0.15, 0.2) is 0 Å². The molecule has 1 aromatic rings. The molecule has 3 heterocycles. The van der Waals surface area contributed by atoms with Gasteiger partial charge in [-0.1, -0.05) is 0 Å². The Morgan fingerprint density at radius 1 is 1.10 bits per heavy atom. The van der Waals surface area contributed by atoms with Gasteiger partial charge >= 0.3 is 0 Å². The summed E-state index contributed by atoms with van der Waals surface area (Å²) in [5.74, 6) is 0.0445. The first-order valence-electron chi connectivity index (χ1n) is 10.1. The first kappa shape index (κ1) is 21.6. The molecule has 0 saturated carbocycles. The number of hydrogen-bond donors (Lipinski definition) is 1. The van der Waals surface area contributed by atoms with Crippen molar-refractivity contribution in [1.29, 1.82) is 0 Å². The van der Waals surface area contributed by atoms with Crippen LogP contribution in [0.2, 0.25) is 0 Å². The number of piperidine rings is 2. The summed E-state index contributed by atoms with van der Waals surface area (Å²) in [6.07, 6.45) is 8.83. The Bertz CT molecular complexity index is 835. The highest BCUT2D eigenvalue weighted by molar-refractivity contribution is 7.88. The number of nitrogens with zero attached hydrogens (tertiary/aromatic N) is 4. The summed E-state index contributed by atoms with van der Waals surface area (Å²) in [6.45, 7) is 3.52. The van der Waals surface area contributed by atoms with Gasteiger partial charge in [0.1, 0.15) is 5.69 Å². The maximum Gasteiger partial charge on any atom is 0.274 e. The Hall–Kier alpha value is -2.07. The van der Waals surface area contributed by atoms with E-state index in [-0.39, 0.29) is 24.4 Å². The number of carbonyl (C=O) groups is 2. The topological polar surface area (TPSA) is 113 Å². The van der Waals surface area contributed by atoms with Gasteiger partial charge in [0, 0.05) is 31.9 Å². The predicted octanol–water partition coefficient (Wildman–Crippen LogP) is 0.568. The molecule has 2 aliphatic rings. The van der Waals surface area contributed by atoms with Crippen LogP contribution in [0, 0.1) is 12.8 Å². The van der Waals surface area contributed by atoms with Crippen LogP contribution < -0.4 is 4.72 Å². The number of sulfonamides is 1. The molecule has 1 atom stereocenters. The Kier molecular flexibility index (Phi) is 6.84. The van der Waals surface area contributed by atoms with Crippen molar-refractivity contribution in [2.75, 3.05) is 32.4 Å². The minimum atomic E-state index is -3.38. The van der Waals surface area contributed by atoms with Crippen molar-refractivity contribution in [2.24, 2.45) is 5.92 Å². The fraction of sp³-hybridized carbons (Fsp3) is 0.684. The van der Waals surface area contributed by atoms with Gasteiger partial charge < -0.3 is 9.80 Å². The third-order valence-corrected chi connectivity index (χ3v) is 6.40. The van der Waals surface area contributed by atoms with Crippen LogP contribution in [0.25, 0.3) is 0 Å². The standard InChI is InChI=1S/C19H29N5O4S/c1-14-11-21-16(12-20-14)19(26)24-8-4-3-5-17(24)15-6-9-23(10-7-15)18(25)13-22-29(2,27)28/h11-12,15,17,22H,3-10,13H2,1-2H3/t17-/m0/s1. The lowest BCUT2D eigenvalue weighted by molar-refractivity contribution is -0.131. The predicted molar refractivity (Wildman–Crippen MR) is 108 cm³/mol. The van der Waals surface area contributed by atoms with Crippen molar-refractivity contribution >= 4 is 21.8 Å². The van der Waals surface area contributed by atoms with Gasteiger partial charge in [0.05, 0.1) is 24.7 Å². The smallest absolute Gasteiger partial charge is 0.274 e. The molecule has 1 aromatic heterocycles. The second-order valence-electron chi connectivity index (χ2n) is 7.92. The highest BCUT2D eigenvalue weighted by Gasteiger charge is 2.36. The summed E-state index contributed by atoms with van der Waals surface area (Å²) in [7, 11) is -3.38. The molecule has 2 saturated heterocycles. The lowest BCUT2D eigenvalue weighted by Crippen LogP contribution is -2.51. The number of hydrogen-bond acceptors (Lipinski definition) is 6. The summed E-state index contributed by atoms with van der Waals surface area (Å²) in [5, 5.41) is 0. The molecule has 0 unspecified atom stereocenters. The summed E-state index contributed by atoms with van der Waals surface area (Å²) in [4.78, 5) is 37.3. The van der Waals surface area contributed by atoms with Crippen LogP contribution in [0.1, 0.15) is 48.3 Å². The molecule has 1 N–H and O–H groups in total. The molecular weight excluding hydrogens is 394 g/mol. The Morgan fingerprint density at radius 3 is 2.45 bits per heavy atom. The first-order valence-corrected chi connectivity index (χ1v) is 12.0. The molecule has 0 aliphatic carbocycles. The molecule has 2 amide bonds. The molecule has 0 radical (unpaired) electrons. The number of aromatic nitrogens is 2. The molecule has 2 aliphatic heterocycles. The summed E-state index contributed by atoms with van der Waals surface area (Å²) >= 11 is 0. The summed E-state index contributed by atoms with van der Waals surface area (Å²) < 4.78 is 24.6. The summed E-state index contributed by atoms with van der Waals surface area (Å²) in [5.41, 5.74) is 1.15. The second kappa shape index (κ2) is 9.17. The number of likely N-dealkylation sites (tertiary alicyclic amines) is 2. The number of aryl methyl sites for hydroxylation is 1. The maximum atomic E-state index is 13.0. The average Bonchev–Trinajstić information content (AvgIpc) is 2.71. The minimum Gasteiger partial charge on any atom is -0.342 e. The lowest BCUT2D eigenvalue weighted by atomic mass is 9.83. The van der Waals surface area contributed by atoms with E-state index in [0.29, 0.717) is 24.7 Å². The third kappa shape index (κ3) is 5.72. The normalized spacial score (nSPS) is 21.2. The quantitative estimate of drug-likeness (QED) is 0.741. The first-order chi connectivity index (χ1) is 13.7. The molecule has 9 nitrogen and oxygen atoms in total. The molecule has 3 rings (SSSR count). The van der Waals surface area contributed by atoms with E-state index in [1.165, 1.54) is 0 Å². The monoisotopic (exact) mass is 423 g/mol. The van der Waals surface area contributed by atoms with E-state index in [1.54, 1.807) is 17.3 Å². The zero-order valence-electron chi connectivity index (χ0n) is 17.0. The molecule has 2 fully saturated rings. The van der Waals surface area contributed by atoms with E-state index < -0.39 is 10.0 Å². The van der Waals surface area contributed by atoms with Crippen LogP contribution in [0.4, 0.5) is 0 Å². The zero-order chi connectivity index (χ0) is 21.0. The van der Waals surface area contributed by atoms with Gasteiger partial charge in [-0.3, -0.25) is 14.6 Å². The van der Waals surface area contributed by atoms with Gasteiger partial charge in [0.2, 0.25) is 15.9 Å². The highest BCUT2D eigenvalue weighted by Crippen LogP contribution is 2.31. The van der Waals surface area contributed by atoms with E-state index >= 15 is 0 Å². The van der Waals surface area contributed by atoms with Crippen LogP contribution in [-0.4, -0.2) is 78.5 Å². The average molecular weight is 424 g/mol. The van der Waals surface area contributed by atoms with E-state index in [1.807, 2.05) is 11.8 Å². The van der Waals surface area contributed by atoms with Gasteiger partial charge in [-0.05, 0) is 44.9 Å². The minimum absolute atomic E-state index is 0.0712. The number of carbonyl (C=O) groups excluding carboxylic acids is 2. The van der Waals surface area contributed by atoms with Gasteiger partial charge in [0.25, 0.3) is 5.91 Å². The molecule has 29 heavy (non-hydrogen) atoms. The van der Waals surface area contributed by atoms with Crippen molar-refractivity contribution in [3.63, 3.8) is 0 Å². The molecule has 160 valence electrons. The number of nitrogens with one attached hydrogen (secondary N) is 1. The van der Waals surface area contributed by atoms with E-state index in [2.05, 4.69) is 14.7 Å². The molecule has 10 heteroatoms. The van der Waals surface area contributed by atoms with Gasteiger partial charge in [-0.2, -0.15) is 0 Å². The number of rotatable bonds is 5. The van der Waals surface area contributed by atoms with Gasteiger partial charge in [-0.25, -0.2) is 18.1 Å². The van der Waals surface area contributed by atoms with E-state index in [4.69, 9.17) is 0 Å². The van der Waals surface area contributed by atoms with Crippen LogP contribution in [0.3, 0.4) is 0 Å². The van der Waals surface area contributed by atoms with Crippen molar-refractivity contribution in [1.82, 2.24) is 24.5 Å². The summed E-state index contributed by atoms with van der Waals surface area (Å²) in [6, 6.07) is 0.144. The van der Waals surface area contributed by atoms with Crippen molar-refractivity contribution in [3.8, 4) is 0 Å². The zero-order valence-corrected chi connectivity index (χ0v) is 17.8. The molecule has 0 spiro atoms. The fourth-order valence-electron chi connectivity index (χ4n) is 4.19. The van der Waals surface area contributed by atoms with Crippen molar-refractivity contribution in [2.45, 2.75) is 45.1 Å². The van der Waals surface area contributed by atoms with Crippen LogP contribution in [0.15, 0.2) is 12.4 Å². The van der Waals surface area contributed by atoms with Crippen LogP contribution in [-0.2, 0) is 14.8 Å².